The molecular weight excluding hydrogens is 413 g/mol. The first-order valence-corrected chi connectivity index (χ1v) is 10.3. The first-order valence-electron chi connectivity index (χ1n) is 9.52. The van der Waals surface area contributed by atoms with Crippen molar-refractivity contribution in [2.75, 3.05) is 0 Å². The number of hydrogen-bond acceptors (Lipinski definition) is 5. The van der Waals surface area contributed by atoms with E-state index < -0.39 is 0 Å². The molecule has 0 unspecified atom stereocenters. The number of benzene rings is 1. The van der Waals surface area contributed by atoms with Gasteiger partial charge in [0, 0.05) is 50.3 Å². The fourth-order valence-electron chi connectivity index (χ4n) is 3.81. The number of aromatic amines is 2. The summed E-state index contributed by atoms with van der Waals surface area (Å²) < 4.78 is 13.6. The van der Waals surface area contributed by atoms with Gasteiger partial charge in [-0.3, -0.25) is 10.1 Å². The maximum absolute atomic E-state index is 13.6. The Labute approximate surface area is 179 Å². The maximum Gasteiger partial charge on any atom is 0.176 e. The van der Waals surface area contributed by atoms with Crippen LogP contribution in [0.15, 0.2) is 67.1 Å². The molecule has 6 rings (SSSR count). The topological polar surface area (TPSA) is 90.5 Å². The Balaban J connectivity index is 1.51. The van der Waals surface area contributed by atoms with E-state index in [2.05, 4.69) is 25.1 Å². The van der Waals surface area contributed by atoms with Gasteiger partial charge in [-0.05, 0) is 36.4 Å². The second kappa shape index (κ2) is 6.75. The van der Waals surface area contributed by atoms with Gasteiger partial charge in [-0.15, -0.1) is 11.3 Å². The molecule has 0 amide bonds. The van der Waals surface area contributed by atoms with Crippen LogP contribution in [0.2, 0.25) is 0 Å². The van der Waals surface area contributed by atoms with Gasteiger partial charge in [-0.25, -0.2) is 4.98 Å². The molecule has 1 aromatic carbocycles. The lowest BCUT2D eigenvalue weighted by molar-refractivity contribution is 0.473. The molecule has 0 aliphatic carbocycles. The molecule has 0 bridgehead atoms. The molecule has 0 aliphatic rings. The summed E-state index contributed by atoms with van der Waals surface area (Å²) in [6.07, 6.45) is 4.79. The summed E-state index contributed by atoms with van der Waals surface area (Å²) in [5.74, 6) is 0.0955. The third kappa shape index (κ3) is 2.96. The highest BCUT2D eigenvalue weighted by Crippen LogP contribution is 2.37. The van der Waals surface area contributed by atoms with E-state index in [9.17, 15) is 9.50 Å². The molecule has 8 heteroatoms. The van der Waals surface area contributed by atoms with Crippen molar-refractivity contribution in [3.8, 4) is 38.7 Å². The van der Waals surface area contributed by atoms with Crippen molar-refractivity contribution in [3.05, 3.63) is 72.3 Å². The number of nitrogens with one attached hydrogen (secondary N) is 2. The van der Waals surface area contributed by atoms with E-state index in [1.54, 1.807) is 24.5 Å². The Morgan fingerprint density at radius 3 is 2.68 bits per heavy atom. The lowest BCUT2D eigenvalue weighted by atomic mass is 10.1. The Bertz CT molecular complexity index is 1580. The number of rotatable bonds is 3. The van der Waals surface area contributed by atoms with Crippen molar-refractivity contribution in [1.29, 1.82) is 0 Å². The number of pyridine rings is 2. The third-order valence-corrected chi connectivity index (χ3v) is 6.14. The summed E-state index contributed by atoms with van der Waals surface area (Å²) in [5.41, 5.74) is 5.73. The minimum Gasteiger partial charge on any atom is -0.506 e. The molecule has 0 aliphatic heterocycles. The van der Waals surface area contributed by atoms with E-state index in [1.165, 1.54) is 12.3 Å². The minimum atomic E-state index is -0.207. The van der Waals surface area contributed by atoms with Crippen LogP contribution < -0.4 is 0 Å². The predicted molar refractivity (Wildman–Crippen MR) is 119 cm³/mol. The minimum absolute atomic E-state index is 0.0955. The van der Waals surface area contributed by atoms with Crippen LogP contribution in [0.4, 0.5) is 4.39 Å². The van der Waals surface area contributed by atoms with Crippen LogP contribution >= 0.6 is 11.3 Å². The monoisotopic (exact) mass is 427 g/mol. The summed E-state index contributed by atoms with van der Waals surface area (Å²) in [6, 6.07) is 14.9. The van der Waals surface area contributed by atoms with Crippen LogP contribution in [0.25, 0.3) is 54.9 Å². The number of hydrogen-bond donors (Lipinski definition) is 3. The number of aromatic nitrogens is 5. The van der Waals surface area contributed by atoms with Gasteiger partial charge in [0.15, 0.2) is 10.8 Å². The van der Waals surface area contributed by atoms with E-state index >= 15 is 0 Å². The molecule has 5 heterocycles. The van der Waals surface area contributed by atoms with Gasteiger partial charge < -0.3 is 10.1 Å². The molecule has 0 saturated carbocycles. The first-order chi connectivity index (χ1) is 15.2. The summed E-state index contributed by atoms with van der Waals surface area (Å²) >= 11 is 1.13. The molecule has 6 aromatic rings. The summed E-state index contributed by atoms with van der Waals surface area (Å²) in [7, 11) is 0. The van der Waals surface area contributed by atoms with Gasteiger partial charge in [-0.2, -0.15) is 9.49 Å². The van der Waals surface area contributed by atoms with Gasteiger partial charge in [0.05, 0.1) is 11.9 Å². The molecule has 0 radical (unpaired) electrons. The van der Waals surface area contributed by atoms with Crippen molar-refractivity contribution in [2.24, 2.45) is 0 Å². The molecule has 150 valence electrons. The SMILES string of the molecule is Oc1cncc(-c2cnc3[nH]nc(-c4cc5c(-c6ccc(F)s6)cccc5[nH]4)c3c2)c1. The number of halogens is 1. The fraction of sp³-hybridized carbons (Fsp3) is 0. The van der Waals surface area contributed by atoms with Gasteiger partial charge in [-0.1, -0.05) is 12.1 Å². The lowest BCUT2D eigenvalue weighted by Gasteiger charge is -2.02. The molecular formula is C23H14FN5OS. The average molecular weight is 427 g/mol. The van der Waals surface area contributed by atoms with Crippen molar-refractivity contribution in [1.82, 2.24) is 25.1 Å². The van der Waals surface area contributed by atoms with Crippen LogP contribution in [-0.2, 0) is 0 Å². The zero-order valence-electron chi connectivity index (χ0n) is 15.9. The molecule has 31 heavy (non-hydrogen) atoms. The first kappa shape index (κ1) is 17.8. The fourth-order valence-corrected chi connectivity index (χ4v) is 4.58. The van der Waals surface area contributed by atoms with Crippen LogP contribution in [0.5, 0.6) is 5.75 Å². The Morgan fingerprint density at radius 2 is 1.84 bits per heavy atom. The Hall–Kier alpha value is -4.04. The molecule has 0 atom stereocenters. The van der Waals surface area contributed by atoms with E-state index in [0.717, 1.165) is 60.6 Å². The number of thiophene rings is 1. The van der Waals surface area contributed by atoms with Crippen molar-refractivity contribution in [2.45, 2.75) is 0 Å². The van der Waals surface area contributed by atoms with Crippen LogP contribution in [-0.4, -0.2) is 30.3 Å². The van der Waals surface area contributed by atoms with Gasteiger partial charge >= 0.3 is 0 Å². The van der Waals surface area contributed by atoms with Gasteiger partial charge in [0.25, 0.3) is 0 Å². The Morgan fingerprint density at radius 1 is 0.935 bits per heavy atom. The van der Waals surface area contributed by atoms with Crippen LogP contribution in [0.1, 0.15) is 0 Å². The van der Waals surface area contributed by atoms with E-state index in [-0.39, 0.29) is 10.9 Å². The Kier molecular flexibility index (Phi) is 3.87. The highest BCUT2D eigenvalue weighted by molar-refractivity contribution is 7.14. The lowest BCUT2D eigenvalue weighted by Crippen LogP contribution is -1.84. The van der Waals surface area contributed by atoms with E-state index in [0.29, 0.717) is 5.65 Å². The molecule has 3 N–H and O–H groups in total. The van der Waals surface area contributed by atoms with Crippen LogP contribution in [0.3, 0.4) is 0 Å². The van der Waals surface area contributed by atoms with Crippen molar-refractivity contribution in [3.63, 3.8) is 0 Å². The number of aromatic hydroxyl groups is 1. The van der Waals surface area contributed by atoms with Gasteiger partial charge in [0.1, 0.15) is 11.4 Å². The normalized spacial score (nSPS) is 11.5. The van der Waals surface area contributed by atoms with Crippen molar-refractivity contribution >= 4 is 33.3 Å². The smallest absolute Gasteiger partial charge is 0.176 e. The van der Waals surface area contributed by atoms with E-state index in [1.807, 2.05) is 30.3 Å². The standard InChI is InChI=1S/C23H14FN5OS/c24-21-5-4-20(31-21)15-2-1-3-18-16(15)8-19(27-18)22-17-7-13(10-26-23(17)29-28-22)12-6-14(30)11-25-9-12/h1-11,27,30H,(H,26,28,29). The predicted octanol–water partition coefficient (Wildman–Crippen LogP) is 5.74. The molecule has 0 fully saturated rings. The zero-order valence-corrected chi connectivity index (χ0v) is 16.7. The second-order valence-electron chi connectivity index (χ2n) is 7.18. The van der Waals surface area contributed by atoms with Crippen LogP contribution in [0, 0.1) is 5.13 Å². The molecule has 0 saturated heterocycles. The number of H-pyrrole nitrogens is 2. The highest BCUT2D eigenvalue weighted by atomic mass is 32.1. The van der Waals surface area contributed by atoms with Gasteiger partial charge in [0.2, 0.25) is 0 Å². The van der Waals surface area contributed by atoms with Crippen molar-refractivity contribution < 1.29 is 9.50 Å². The number of fused-ring (bicyclic) bond motifs is 2. The average Bonchev–Trinajstić information content (AvgIpc) is 3.50. The molecule has 0 spiro atoms. The summed E-state index contributed by atoms with van der Waals surface area (Å²) in [4.78, 5) is 12.8. The highest BCUT2D eigenvalue weighted by Gasteiger charge is 2.15. The third-order valence-electron chi connectivity index (χ3n) is 5.23. The quantitative estimate of drug-likeness (QED) is 0.336. The zero-order chi connectivity index (χ0) is 20.9. The second-order valence-corrected chi connectivity index (χ2v) is 8.21. The maximum atomic E-state index is 13.6. The largest absolute Gasteiger partial charge is 0.506 e. The summed E-state index contributed by atoms with van der Waals surface area (Å²) in [5, 5.41) is 18.8. The summed E-state index contributed by atoms with van der Waals surface area (Å²) in [6.45, 7) is 0. The van der Waals surface area contributed by atoms with E-state index in [4.69, 9.17) is 0 Å². The molecule has 6 nitrogen and oxygen atoms in total. The number of nitrogens with zero attached hydrogens (tertiary/aromatic N) is 3. The molecule has 5 aromatic heterocycles.